The van der Waals surface area contributed by atoms with Gasteiger partial charge in [-0.3, -0.25) is 0 Å². The van der Waals surface area contributed by atoms with Crippen LogP contribution in [0.5, 0.6) is 5.75 Å². The van der Waals surface area contributed by atoms with E-state index >= 15 is 0 Å². The molecule has 1 aliphatic heterocycles. The first-order valence-corrected chi connectivity index (χ1v) is 7.07. The van der Waals surface area contributed by atoms with E-state index in [0.29, 0.717) is 24.0 Å². The summed E-state index contributed by atoms with van der Waals surface area (Å²) in [6, 6.07) is 5.54. The van der Waals surface area contributed by atoms with E-state index in [0.717, 1.165) is 16.3 Å². The fourth-order valence-corrected chi connectivity index (χ4v) is 3.11. The van der Waals surface area contributed by atoms with Gasteiger partial charge in [0.1, 0.15) is 16.5 Å². The number of rotatable bonds is 3. The zero-order valence-electron chi connectivity index (χ0n) is 10.3. The Morgan fingerprint density at radius 1 is 1.37 bits per heavy atom. The van der Waals surface area contributed by atoms with Gasteiger partial charge in [0.2, 0.25) is 6.29 Å². The zero-order valence-corrected chi connectivity index (χ0v) is 11.8. The second-order valence-electron chi connectivity index (χ2n) is 3.97. The van der Waals surface area contributed by atoms with Crippen LogP contribution in [0, 0.1) is 0 Å². The van der Waals surface area contributed by atoms with Gasteiger partial charge in [0.25, 0.3) is 0 Å². The molecule has 0 atom stereocenters. The largest absolute Gasteiger partial charge is 0.496 e. The van der Waals surface area contributed by atoms with Crippen molar-refractivity contribution in [2.24, 2.45) is 0 Å². The highest BCUT2D eigenvalue weighted by molar-refractivity contribution is 7.13. The predicted molar refractivity (Wildman–Crippen MR) is 73.8 cm³/mol. The van der Waals surface area contributed by atoms with Crippen LogP contribution < -0.4 is 4.74 Å². The van der Waals surface area contributed by atoms with E-state index < -0.39 is 0 Å². The lowest BCUT2D eigenvalue weighted by molar-refractivity contribution is -0.0468. The molecule has 0 N–H and O–H groups in total. The van der Waals surface area contributed by atoms with Gasteiger partial charge in [-0.2, -0.15) is 0 Å². The molecule has 6 heteroatoms. The van der Waals surface area contributed by atoms with Crippen LogP contribution in [0.2, 0.25) is 5.02 Å². The molecule has 2 aromatic rings. The Hall–Kier alpha value is -1.14. The second kappa shape index (κ2) is 5.46. The minimum atomic E-state index is -0.363. The monoisotopic (exact) mass is 297 g/mol. The van der Waals surface area contributed by atoms with Gasteiger partial charge >= 0.3 is 0 Å². The maximum Gasteiger partial charge on any atom is 0.202 e. The van der Waals surface area contributed by atoms with Crippen molar-refractivity contribution in [1.29, 1.82) is 0 Å². The first kappa shape index (κ1) is 12.9. The Labute approximate surface area is 119 Å². The average molecular weight is 298 g/mol. The van der Waals surface area contributed by atoms with Crippen LogP contribution in [0.1, 0.15) is 12.0 Å². The van der Waals surface area contributed by atoms with Gasteiger partial charge in [-0.25, -0.2) is 4.98 Å². The standard InChI is InChI=1S/C13H12ClNO3S/c1-16-10-4-2-3-8(14)11(10)12-15-9(7-19-12)13-17-5-6-18-13/h2-4,7,13H,5-6H2,1H3. The lowest BCUT2D eigenvalue weighted by Gasteiger charge is -2.08. The topological polar surface area (TPSA) is 40.6 Å². The fraction of sp³-hybridized carbons (Fsp3) is 0.308. The molecular formula is C13H12ClNO3S. The summed E-state index contributed by atoms with van der Waals surface area (Å²) >= 11 is 7.73. The van der Waals surface area contributed by atoms with Crippen molar-refractivity contribution in [3.05, 3.63) is 34.3 Å². The highest BCUT2D eigenvalue weighted by Crippen LogP contribution is 2.39. The van der Waals surface area contributed by atoms with Gasteiger partial charge in [-0.15, -0.1) is 11.3 Å². The highest BCUT2D eigenvalue weighted by Gasteiger charge is 2.22. The molecule has 0 saturated carbocycles. The van der Waals surface area contributed by atoms with Crippen molar-refractivity contribution in [3.8, 4) is 16.3 Å². The molecule has 0 bridgehead atoms. The maximum absolute atomic E-state index is 6.24. The molecular weight excluding hydrogens is 286 g/mol. The van der Waals surface area contributed by atoms with E-state index in [4.69, 9.17) is 25.8 Å². The molecule has 3 rings (SSSR count). The number of methoxy groups -OCH3 is 1. The SMILES string of the molecule is COc1cccc(Cl)c1-c1nc(C2OCCO2)cs1. The Morgan fingerprint density at radius 3 is 2.89 bits per heavy atom. The molecule has 1 aromatic heterocycles. The van der Waals surface area contributed by atoms with Crippen molar-refractivity contribution in [2.45, 2.75) is 6.29 Å². The highest BCUT2D eigenvalue weighted by atomic mass is 35.5. The zero-order chi connectivity index (χ0) is 13.2. The number of nitrogens with zero attached hydrogens (tertiary/aromatic N) is 1. The molecule has 1 aromatic carbocycles. The molecule has 0 amide bonds. The Balaban J connectivity index is 1.98. The van der Waals surface area contributed by atoms with E-state index in [-0.39, 0.29) is 6.29 Å². The molecule has 100 valence electrons. The Morgan fingerprint density at radius 2 is 2.16 bits per heavy atom. The summed E-state index contributed by atoms with van der Waals surface area (Å²) < 4.78 is 16.2. The van der Waals surface area contributed by atoms with Gasteiger partial charge in [0.15, 0.2) is 0 Å². The van der Waals surface area contributed by atoms with Gasteiger partial charge in [0.05, 0.1) is 30.9 Å². The summed E-state index contributed by atoms with van der Waals surface area (Å²) in [6.07, 6.45) is -0.363. The summed E-state index contributed by atoms with van der Waals surface area (Å²) in [5.41, 5.74) is 1.58. The van der Waals surface area contributed by atoms with E-state index in [9.17, 15) is 0 Å². The van der Waals surface area contributed by atoms with Crippen LogP contribution in [0.25, 0.3) is 10.6 Å². The summed E-state index contributed by atoms with van der Waals surface area (Å²) in [7, 11) is 1.62. The smallest absolute Gasteiger partial charge is 0.202 e. The van der Waals surface area contributed by atoms with Crippen LogP contribution in [0.3, 0.4) is 0 Å². The van der Waals surface area contributed by atoms with E-state index in [1.165, 1.54) is 11.3 Å². The molecule has 0 spiro atoms. The van der Waals surface area contributed by atoms with Gasteiger partial charge in [-0.05, 0) is 12.1 Å². The number of hydrogen-bond donors (Lipinski definition) is 0. The van der Waals surface area contributed by atoms with E-state index in [2.05, 4.69) is 4.98 Å². The van der Waals surface area contributed by atoms with Crippen LogP contribution in [-0.4, -0.2) is 25.3 Å². The Kier molecular flexibility index (Phi) is 3.70. The molecule has 2 heterocycles. The third-order valence-electron chi connectivity index (χ3n) is 2.79. The van der Waals surface area contributed by atoms with Crippen molar-refractivity contribution < 1.29 is 14.2 Å². The molecule has 19 heavy (non-hydrogen) atoms. The first-order valence-electron chi connectivity index (χ1n) is 5.81. The van der Waals surface area contributed by atoms with Crippen molar-refractivity contribution in [3.63, 3.8) is 0 Å². The second-order valence-corrected chi connectivity index (χ2v) is 5.23. The molecule has 1 fully saturated rings. The van der Waals surface area contributed by atoms with Gasteiger partial charge < -0.3 is 14.2 Å². The number of aromatic nitrogens is 1. The van der Waals surface area contributed by atoms with Crippen LogP contribution in [0.4, 0.5) is 0 Å². The first-order chi connectivity index (χ1) is 9.29. The third kappa shape index (κ3) is 2.47. The van der Waals surface area contributed by atoms with Gasteiger partial charge in [-0.1, -0.05) is 17.7 Å². The lowest BCUT2D eigenvalue weighted by atomic mass is 10.2. The van der Waals surface area contributed by atoms with E-state index in [1.807, 2.05) is 23.6 Å². The summed E-state index contributed by atoms with van der Waals surface area (Å²) in [5, 5.41) is 3.35. The normalized spacial score (nSPS) is 15.9. The summed E-state index contributed by atoms with van der Waals surface area (Å²) in [5.74, 6) is 0.710. The number of benzene rings is 1. The average Bonchev–Trinajstić information content (AvgIpc) is 3.08. The summed E-state index contributed by atoms with van der Waals surface area (Å²) in [6.45, 7) is 1.21. The van der Waals surface area contributed by atoms with Crippen molar-refractivity contribution >= 4 is 22.9 Å². The van der Waals surface area contributed by atoms with Crippen molar-refractivity contribution in [1.82, 2.24) is 4.98 Å². The number of hydrogen-bond acceptors (Lipinski definition) is 5. The quantitative estimate of drug-likeness (QED) is 0.869. The lowest BCUT2D eigenvalue weighted by Crippen LogP contribution is -1.98. The number of ether oxygens (including phenoxy) is 3. The minimum absolute atomic E-state index is 0.363. The van der Waals surface area contributed by atoms with Crippen LogP contribution in [0.15, 0.2) is 23.6 Å². The number of halogens is 1. The van der Waals surface area contributed by atoms with Crippen LogP contribution in [-0.2, 0) is 9.47 Å². The summed E-state index contributed by atoms with van der Waals surface area (Å²) in [4.78, 5) is 4.54. The van der Waals surface area contributed by atoms with E-state index in [1.54, 1.807) is 7.11 Å². The minimum Gasteiger partial charge on any atom is -0.496 e. The molecule has 1 aliphatic rings. The molecule has 1 saturated heterocycles. The Bertz CT molecular complexity index is 581. The molecule has 0 unspecified atom stereocenters. The number of thiazole rings is 1. The maximum atomic E-state index is 6.24. The van der Waals surface area contributed by atoms with Crippen LogP contribution >= 0.6 is 22.9 Å². The third-order valence-corrected chi connectivity index (χ3v) is 3.99. The van der Waals surface area contributed by atoms with Gasteiger partial charge in [0, 0.05) is 5.38 Å². The molecule has 0 aliphatic carbocycles. The molecule has 0 radical (unpaired) electrons. The van der Waals surface area contributed by atoms with Crippen molar-refractivity contribution in [2.75, 3.05) is 20.3 Å². The fourth-order valence-electron chi connectivity index (χ4n) is 1.92. The molecule has 4 nitrogen and oxygen atoms in total. The predicted octanol–water partition coefficient (Wildman–Crippen LogP) is 3.52.